The largest absolute Gasteiger partial charge is 0.423 e. The van der Waals surface area contributed by atoms with E-state index in [1.165, 1.54) is 12.8 Å². The molecule has 2 heterocycles. The summed E-state index contributed by atoms with van der Waals surface area (Å²) in [6, 6.07) is 13.6. The molecule has 2 aromatic heterocycles. The third-order valence-electron chi connectivity index (χ3n) is 4.18. The Bertz CT molecular complexity index is 1140. The number of benzene rings is 2. The van der Waals surface area contributed by atoms with Gasteiger partial charge in [-0.25, -0.2) is 4.79 Å². The van der Waals surface area contributed by atoms with Crippen LogP contribution in [0.4, 0.5) is 0 Å². The van der Waals surface area contributed by atoms with Crippen LogP contribution >= 0.6 is 34.9 Å². The highest BCUT2D eigenvalue weighted by Crippen LogP contribution is 2.34. The van der Waals surface area contributed by atoms with Crippen LogP contribution in [0.1, 0.15) is 25.3 Å². The number of aromatic nitrogens is 2. The van der Waals surface area contributed by atoms with E-state index in [4.69, 9.17) is 4.42 Å². The molecule has 0 N–H and O–H groups in total. The molecule has 27 heavy (non-hydrogen) atoms. The predicted octanol–water partition coefficient (Wildman–Crippen LogP) is 5.98. The van der Waals surface area contributed by atoms with E-state index in [9.17, 15) is 4.79 Å². The van der Waals surface area contributed by atoms with Crippen molar-refractivity contribution in [3.8, 4) is 0 Å². The van der Waals surface area contributed by atoms with Crippen LogP contribution in [0.3, 0.4) is 0 Å². The van der Waals surface area contributed by atoms with Crippen LogP contribution in [0.15, 0.2) is 60.4 Å². The highest BCUT2D eigenvalue weighted by Gasteiger charge is 2.12. The fraction of sp³-hybridized carbons (Fsp3) is 0.250. The minimum Gasteiger partial charge on any atom is -0.423 e. The van der Waals surface area contributed by atoms with E-state index in [1.807, 2.05) is 24.3 Å². The number of rotatable bonds is 7. The summed E-state index contributed by atoms with van der Waals surface area (Å²) in [6.45, 7) is 2.19. The van der Waals surface area contributed by atoms with Crippen molar-refractivity contribution in [3.05, 3.63) is 58.4 Å². The molecule has 4 rings (SSSR count). The molecule has 0 saturated carbocycles. The zero-order chi connectivity index (χ0) is 18.6. The first-order valence-corrected chi connectivity index (χ1v) is 11.6. The van der Waals surface area contributed by atoms with Crippen molar-refractivity contribution in [1.29, 1.82) is 0 Å². The topological polar surface area (TPSA) is 56.0 Å². The normalized spacial score (nSPS) is 11.4. The lowest BCUT2D eigenvalue weighted by Gasteiger charge is -2.07. The van der Waals surface area contributed by atoms with Crippen molar-refractivity contribution in [3.63, 3.8) is 0 Å². The molecule has 0 atom stereocenters. The Morgan fingerprint density at radius 1 is 1.07 bits per heavy atom. The van der Waals surface area contributed by atoms with Crippen LogP contribution in [-0.4, -0.2) is 16.0 Å². The summed E-state index contributed by atoms with van der Waals surface area (Å²) >= 11 is 5.00. The molecule has 2 aromatic carbocycles. The van der Waals surface area contributed by atoms with Gasteiger partial charge < -0.3 is 4.42 Å². The van der Waals surface area contributed by atoms with Gasteiger partial charge in [0.15, 0.2) is 8.68 Å². The van der Waals surface area contributed by atoms with Crippen LogP contribution in [0.25, 0.3) is 21.7 Å². The van der Waals surface area contributed by atoms with Gasteiger partial charge in [-0.05, 0) is 28.8 Å². The van der Waals surface area contributed by atoms with Crippen LogP contribution in [0.2, 0.25) is 0 Å². The zero-order valence-corrected chi connectivity index (χ0v) is 17.3. The van der Waals surface area contributed by atoms with Crippen molar-refractivity contribution in [1.82, 2.24) is 10.2 Å². The number of fused-ring (bicyclic) bond motifs is 3. The highest BCUT2D eigenvalue weighted by atomic mass is 32.2. The summed E-state index contributed by atoms with van der Waals surface area (Å²) in [6.07, 6.45) is 2.37. The fourth-order valence-electron chi connectivity index (χ4n) is 2.89. The maximum atomic E-state index is 12.0. The van der Waals surface area contributed by atoms with Gasteiger partial charge in [-0.2, -0.15) is 0 Å². The average molecular weight is 415 g/mol. The molecule has 0 unspecified atom stereocenters. The number of nitrogens with zero attached hydrogens (tertiary/aromatic N) is 2. The average Bonchev–Trinajstić information content (AvgIpc) is 3.13. The molecule has 0 fully saturated rings. The zero-order valence-electron chi connectivity index (χ0n) is 14.8. The molecule has 4 nitrogen and oxygen atoms in total. The summed E-state index contributed by atoms with van der Waals surface area (Å²) in [7, 11) is 0. The minimum atomic E-state index is -0.318. The summed E-state index contributed by atoms with van der Waals surface area (Å²) in [5.41, 5.74) is 1.28. The van der Waals surface area contributed by atoms with Gasteiger partial charge in [-0.3, -0.25) is 0 Å². The number of thioether (sulfide) groups is 2. The maximum Gasteiger partial charge on any atom is 0.336 e. The third kappa shape index (κ3) is 4.20. The quantitative estimate of drug-likeness (QED) is 0.160. The van der Waals surface area contributed by atoms with E-state index in [0.29, 0.717) is 11.3 Å². The molecule has 4 aromatic rings. The number of hydrogen-bond donors (Lipinski definition) is 0. The molecule has 0 amide bonds. The Hall–Kier alpha value is -1.83. The SMILES string of the molecule is CCCCSc1nnc(SCc2cc(=O)oc3ccc4ccccc4c23)s1. The second kappa shape index (κ2) is 8.46. The van der Waals surface area contributed by atoms with Crippen LogP contribution in [-0.2, 0) is 5.75 Å². The van der Waals surface area contributed by atoms with Crippen molar-refractivity contribution in [2.75, 3.05) is 5.75 Å². The van der Waals surface area contributed by atoms with Gasteiger partial charge in [0.2, 0.25) is 0 Å². The highest BCUT2D eigenvalue weighted by molar-refractivity contribution is 8.02. The molecule has 0 aliphatic rings. The Morgan fingerprint density at radius 3 is 2.74 bits per heavy atom. The Kier molecular flexibility index (Phi) is 5.80. The molecule has 0 aliphatic heterocycles. The molecule has 0 radical (unpaired) electrons. The van der Waals surface area contributed by atoms with Crippen LogP contribution in [0, 0.1) is 0 Å². The first-order valence-electron chi connectivity index (χ1n) is 8.78. The first-order chi connectivity index (χ1) is 13.2. The molecule has 0 aliphatic carbocycles. The summed E-state index contributed by atoms with van der Waals surface area (Å²) < 4.78 is 7.36. The lowest BCUT2D eigenvalue weighted by molar-refractivity contribution is 0.560. The van der Waals surface area contributed by atoms with Gasteiger partial charge in [0.05, 0.1) is 0 Å². The Balaban J connectivity index is 1.62. The lowest BCUT2D eigenvalue weighted by Crippen LogP contribution is -2.00. The summed E-state index contributed by atoms with van der Waals surface area (Å²) in [5, 5.41) is 11.8. The second-order valence-corrected chi connectivity index (χ2v) is 9.62. The number of hydrogen-bond acceptors (Lipinski definition) is 7. The standard InChI is InChI=1S/C20H18N2O2S3/c1-2-3-10-25-19-21-22-20(27-19)26-12-14-11-17(23)24-16-9-8-13-6-4-5-7-15(13)18(14)16/h4-9,11H,2-3,10,12H2,1H3. The van der Waals surface area contributed by atoms with Crippen LogP contribution < -0.4 is 5.63 Å². The van der Waals surface area contributed by atoms with Crippen molar-refractivity contribution < 1.29 is 4.42 Å². The molecule has 138 valence electrons. The Labute approximate surface area is 169 Å². The van der Waals surface area contributed by atoms with E-state index < -0.39 is 0 Å². The van der Waals surface area contributed by atoms with Gasteiger partial charge in [0.1, 0.15) is 5.58 Å². The molecular formula is C20H18N2O2S3. The second-order valence-electron chi connectivity index (χ2n) is 6.08. The minimum absolute atomic E-state index is 0.318. The predicted molar refractivity (Wildman–Crippen MR) is 115 cm³/mol. The van der Waals surface area contributed by atoms with E-state index in [-0.39, 0.29) is 5.63 Å². The molecule has 0 spiro atoms. The van der Waals surface area contributed by atoms with Gasteiger partial charge in [-0.15, -0.1) is 10.2 Å². The first kappa shape index (κ1) is 18.5. The van der Waals surface area contributed by atoms with Gasteiger partial charge >= 0.3 is 5.63 Å². The van der Waals surface area contributed by atoms with E-state index in [1.54, 1.807) is 40.9 Å². The van der Waals surface area contributed by atoms with Crippen molar-refractivity contribution in [2.24, 2.45) is 0 Å². The monoisotopic (exact) mass is 414 g/mol. The lowest BCUT2D eigenvalue weighted by atomic mass is 10.0. The summed E-state index contributed by atoms with van der Waals surface area (Å²) in [4.78, 5) is 12.0. The van der Waals surface area contributed by atoms with Crippen molar-refractivity contribution >= 4 is 56.6 Å². The smallest absolute Gasteiger partial charge is 0.336 e. The van der Waals surface area contributed by atoms with E-state index in [2.05, 4.69) is 29.3 Å². The van der Waals surface area contributed by atoms with Crippen molar-refractivity contribution in [2.45, 2.75) is 34.2 Å². The third-order valence-corrected chi connectivity index (χ3v) is 7.50. The Morgan fingerprint density at radius 2 is 1.89 bits per heavy atom. The number of unbranched alkanes of at least 4 members (excludes halogenated alkanes) is 1. The molecule has 0 saturated heterocycles. The van der Waals surface area contributed by atoms with Crippen LogP contribution in [0.5, 0.6) is 0 Å². The molecular weight excluding hydrogens is 396 g/mol. The van der Waals surface area contributed by atoms with E-state index in [0.717, 1.165) is 36.2 Å². The van der Waals surface area contributed by atoms with Gasteiger partial charge in [0, 0.05) is 23.0 Å². The molecule has 0 bridgehead atoms. The molecule has 7 heteroatoms. The maximum absolute atomic E-state index is 12.0. The fourth-order valence-corrected chi connectivity index (χ4v) is 6.05. The van der Waals surface area contributed by atoms with E-state index >= 15 is 0 Å². The van der Waals surface area contributed by atoms with Gasteiger partial charge in [-0.1, -0.05) is 78.5 Å². The summed E-state index contributed by atoms with van der Waals surface area (Å²) in [5.74, 6) is 1.73. The van der Waals surface area contributed by atoms with Gasteiger partial charge in [0.25, 0.3) is 0 Å².